The molecule has 1 saturated carbocycles. The fourth-order valence-corrected chi connectivity index (χ4v) is 7.64. The number of carbonyl (C=O) groups excluding carboxylic acids is 1. The molecular weight excluding hydrogens is 657 g/mol. The Morgan fingerprint density at radius 1 is 0.898 bits per heavy atom. The summed E-state index contributed by atoms with van der Waals surface area (Å²) in [5, 5.41) is 28.3. The standard InChI is InChI=1S/C27H52O3.C9H19NO.C4H10O2.H2O.V/c1-11-12-19(4)13-20(5)14-21(6)15-23(8)27(24(9)17-28)30-25(10)16-22(7)26(29)18(2)3;1-7-4-8(10(2)3)6-9(11)5-7;1-3-4(5)6-2;;/h17-27,29H,11-12,14-16H2,1-10H3;7-9,11H,4-6H2,1-3H3;4-5H,3H2,1-2H3;1H2;/t19-,20+,21?,22+,23?,24?,25-,26+,27?;;;;/m1..../s1. The number of aldehydes is 1. The quantitative estimate of drug-likeness (QED) is 0.0896. The van der Waals surface area contributed by atoms with Crippen LogP contribution in [0.3, 0.4) is 0 Å². The number of aliphatic hydroxyl groups is 3. The third-order valence-electron chi connectivity index (χ3n) is 10.2. The molecule has 0 aromatic heterocycles. The second-order valence-corrected chi connectivity index (χ2v) is 16.9. The van der Waals surface area contributed by atoms with Gasteiger partial charge in [0.15, 0.2) is 6.29 Å². The summed E-state index contributed by atoms with van der Waals surface area (Å²) in [5.74, 6) is 3.15. The van der Waals surface area contributed by atoms with Crippen LogP contribution in [-0.4, -0.2) is 94.2 Å². The van der Waals surface area contributed by atoms with Gasteiger partial charge in [-0.3, -0.25) is 0 Å². The molecule has 9 heteroatoms. The van der Waals surface area contributed by atoms with E-state index >= 15 is 0 Å². The molecule has 1 rings (SSSR count). The molecule has 8 unspecified atom stereocenters. The molecule has 0 spiro atoms. The molecule has 0 heterocycles. The van der Waals surface area contributed by atoms with Crippen LogP contribution >= 0.6 is 0 Å². The number of aliphatic hydroxyl groups excluding tert-OH is 3. The van der Waals surface area contributed by atoms with Crippen molar-refractivity contribution in [2.75, 3.05) is 21.2 Å². The first-order chi connectivity index (χ1) is 22.2. The Balaban J connectivity index is -0.000000953. The van der Waals surface area contributed by atoms with Crippen molar-refractivity contribution >= 4 is 10.5 Å². The van der Waals surface area contributed by atoms with Gasteiger partial charge in [0.25, 0.3) is 0 Å². The van der Waals surface area contributed by atoms with Gasteiger partial charge in [-0.1, -0.05) is 27.7 Å². The smallest absolute Gasteiger partial charge is 0.412 e. The number of nitrogens with zero attached hydrogens (tertiary/aromatic N) is 1. The van der Waals surface area contributed by atoms with E-state index in [1.807, 2.05) is 13.8 Å². The monoisotopic (exact) mass is 741 g/mol. The summed E-state index contributed by atoms with van der Waals surface area (Å²) in [5.41, 5.74) is 0. The average Bonchev–Trinajstić information content (AvgIpc) is 3.01. The van der Waals surface area contributed by atoms with Crippen LogP contribution in [0, 0.1) is 47.3 Å². The van der Waals surface area contributed by atoms with E-state index < -0.39 is 6.29 Å². The summed E-state index contributed by atoms with van der Waals surface area (Å²) in [7, 11) is 5.67. The van der Waals surface area contributed by atoms with Crippen molar-refractivity contribution in [3.05, 3.63) is 0 Å². The normalized spacial score (nSPS) is 23.9. The van der Waals surface area contributed by atoms with E-state index in [-0.39, 0.29) is 47.6 Å². The van der Waals surface area contributed by atoms with Gasteiger partial charge in [0.1, 0.15) is 0 Å². The molecule has 0 bridgehead atoms. The summed E-state index contributed by atoms with van der Waals surface area (Å²) in [6.45, 7) is 25.8. The maximum atomic E-state index is 11.6. The summed E-state index contributed by atoms with van der Waals surface area (Å²) in [6.07, 6.45) is 9.42. The molecule has 295 valence electrons. The van der Waals surface area contributed by atoms with Gasteiger partial charge < -0.3 is 30.4 Å². The third kappa shape index (κ3) is 23.9. The van der Waals surface area contributed by atoms with Gasteiger partial charge in [-0.25, -0.2) is 0 Å². The Bertz CT molecular complexity index is 801. The maximum absolute atomic E-state index is 11.6. The van der Waals surface area contributed by atoms with Crippen molar-refractivity contribution in [2.24, 2.45) is 47.3 Å². The molecule has 0 aromatic rings. The van der Waals surface area contributed by atoms with Gasteiger partial charge in [-0.2, -0.15) is 0 Å². The minimum atomic E-state index is -0.565. The molecule has 0 saturated heterocycles. The number of hydrogen-bond donors (Lipinski definition) is 3. The molecule has 0 aliphatic heterocycles. The van der Waals surface area contributed by atoms with Gasteiger partial charge in [0.05, 0.1) is 6.10 Å². The van der Waals surface area contributed by atoms with Gasteiger partial charge in [0.2, 0.25) is 0 Å². The Morgan fingerprint density at radius 2 is 1.47 bits per heavy atom. The summed E-state index contributed by atoms with van der Waals surface area (Å²) in [6, 6.07) is 0.591. The molecule has 49 heavy (non-hydrogen) atoms. The molecule has 0 radical (unpaired) electrons. The summed E-state index contributed by atoms with van der Waals surface area (Å²) >= 11 is 2.84. The Kier molecular flexibility index (Phi) is 31.8. The van der Waals surface area contributed by atoms with Crippen molar-refractivity contribution in [1.82, 2.24) is 4.90 Å². The molecular formula is C40H83NO7V. The third-order valence-corrected chi connectivity index (χ3v) is 11.5. The zero-order valence-electron chi connectivity index (χ0n) is 34.5. The molecule has 8 nitrogen and oxygen atoms in total. The van der Waals surface area contributed by atoms with Crippen molar-refractivity contribution < 1.29 is 52.0 Å². The SMILES string of the molecule is CC1CC(O)CC(N(C)C)C1.CCC(O)OC.CCC[C@@H](C)[C](=[V])[C@H](C)CC(C)CC(C)C(O[C@H](C)C[C@H](C)[C@@H](O)C(C)C)C(C)C=O.O. The van der Waals surface area contributed by atoms with E-state index in [0.717, 1.165) is 32.0 Å². The van der Waals surface area contributed by atoms with Crippen molar-refractivity contribution in [1.29, 1.82) is 0 Å². The molecule has 1 aliphatic carbocycles. The van der Waals surface area contributed by atoms with Crippen LogP contribution in [0.1, 0.15) is 141 Å². The average molecular weight is 741 g/mol. The molecule has 1 aliphatic rings. The number of carbonyl (C=O) groups is 1. The van der Waals surface area contributed by atoms with Crippen molar-refractivity contribution in [2.45, 2.75) is 178 Å². The topological polar surface area (TPSA) is 131 Å². The maximum Gasteiger partial charge on any atom is -0.412 e. The van der Waals surface area contributed by atoms with E-state index in [1.54, 1.807) is 4.23 Å². The van der Waals surface area contributed by atoms with Crippen LogP contribution in [0.4, 0.5) is 0 Å². The number of ether oxygens (including phenoxy) is 2. The zero-order valence-corrected chi connectivity index (χ0v) is 35.9. The first-order valence-electron chi connectivity index (χ1n) is 19.1. The molecule has 13 atom stereocenters. The Labute approximate surface area is 312 Å². The first kappa shape index (κ1) is 53.2. The van der Waals surface area contributed by atoms with Gasteiger partial charge in [-0.05, 0) is 51.6 Å². The van der Waals surface area contributed by atoms with E-state index in [1.165, 1.54) is 32.8 Å². The summed E-state index contributed by atoms with van der Waals surface area (Å²) < 4.78 is 12.5. The minimum absolute atomic E-state index is 0. The fraction of sp³-hybridized carbons (Fsp3) is 0.950. The van der Waals surface area contributed by atoms with E-state index in [0.29, 0.717) is 42.1 Å². The van der Waals surface area contributed by atoms with Crippen molar-refractivity contribution in [3.63, 3.8) is 0 Å². The van der Waals surface area contributed by atoms with E-state index in [2.05, 4.69) is 110 Å². The van der Waals surface area contributed by atoms with Crippen molar-refractivity contribution in [3.8, 4) is 0 Å². The second kappa shape index (κ2) is 29.3. The molecule has 1 fully saturated rings. The van der Waals surface area contributed by atoms with Crippen LogP contribution in [-0.2, 0) is 31.2 Å². The van der Waals surface area contributed by atoms with E-state index in [4.69, 9.17) is 9.84 Å². The second-order valence-electron chi connectivity index (χ2n) is 16.1. The predicted molar refractivity (Wildman–Crippen MR) is 203 cm³/mol. The fourth-order valence-electron chi connectivity index (χ4n) is 7.27. The first-order valence-corrected chi connectivity index (χ1v) is 19.8. The number of hydrogen-bond acceptors (Lipinski definition) is 7. The number of rotatable bonds is 20. The van der Waals surface area contributed by atoms with Crippen LogP contribution in [0.5, 0.6) is 0 Å². The number of methoxy groups -OCH3 is 1. The minimum Gasteiger partial charge on any atom is -0.412 e. The zero-order chi connectivity index (χ0) is 37.7. The van der Waals surface area contributed by atoms with Crippen LogP contribution < -0.4 is 0 Å². The Morgan fingerprint density at radius 3 is 1.88 bits per heavy atom. The van der Waals surface area contributed by atoms with Gasteiger partial charge in [-0.15, -0.1) is 0 Å². The van der Waals surface area contributed by atoms with Gasteiger partial charge in [0, 0.05) is 13.2 Å². The van der Waals surface area contributed by atoms with Gasteiger partial charge >= 0.3 is 178 Å². The molecule has 0 amide bonds. The predicted octanol–water partition coefficient (Wildman–Crippen LogP) is 7.12. The molecule has 5 N–H and O–H groups in total. The molecule has 0 aromatic carbocycles. The van der Waals surface area contributed by atoms with Crippen LogP contribution in [0.2, 0.25) is 0 Å². The van der Waals surface area contributed by atoms with E-state index in [9.17, 15) is 15.0 Å². The van der Waals surface area contributed by atoms with Crippen LogP contribution in [0.25, 0.3) is 0 Å². The summed E-state index contributed by atoms with van der Waals surface area (Å²) in [4.78, 5) is 13.8. The van der Waals surface area contributed by atoms with Crippen LogP contribution in [0.15, 0.2) is 0 Å². The Hall–Kier alpha value is -0.156. The largest absolute Gasteiger partial charge is 0.412 e.